The fourth-order valence-electron chi connectivity index (χ4n) is 5.91. The molecule has 4 fully saturated rings. The Kier molecular flexibility index (Phi) is 12.4. The Morgan fingerprint density at radius 1 is 1.13 bits per heavy atom. The highest BCUT2D eigenvalue weighted by Crippen LogP contribution is 2.49. The van der Waals surface area contributed by atoms with Crippen LogP contribution in [0.3, 0.4) is 0 Å². The molecule has 11 heteroatoms. The first-order valence-corrected chi connectivity index (χ1v) is 19.1. The van der Waals surface area contributed by atoms with Crippen molar-refractivity contribution in [1.29, 1.82) is 16.1 Å². The molecule has 2 aromatic heterocycles. The van der Waals surface area contributed by atoms with Crippen LogP contribution in [0.25, 0.3) is 5.52 Å². The summed E-state index contributed by atoms with van der Waals surface area (Å²) in [7, 11) is 2.05. The van der Waals surface area contributed by atoms with Crippen LogP contribution in [0.5, 0.6) is 0 Å². The van der Waals surface area contributed by atoms with Crippen molar-refractivity contribution in [1.82, 2.24) is 24.3 Å². The van der Waals surface area contributed by atoms with E-state index in [1.165, 1.54) is 25.0 Å². The molecule has 0 spiro atoms. The van der Waals surface area contributed by atoms with Crippen molar-refractivity contribution in [2.45, 2.75) is 127 Å². The number of nitrogens with zero attached hydrogens (tertiary/aromatic N) is 4. The van der Waals surface area contributed by atoms with Crippen LogP contribution in [0, 0.1) is 27.6 Å². The number of imidazole rings is 1. The number of aromatic nitrogens is 2. The summed E-state index contributed by atoms with van der Waals surface area (Å²) >= 11 is 9.46. The zero-order chi connectivity index (χ0) is 33.7. The Morgan fingerprint density at radius 2 is 1.76 bits per heavy atom. The molecule has 0 bridgehead atoms. The van der Waals surface area contributed by atoms with E-state index in [9.17, 15) is 5.26 Å². The summed E-state index contributed by atoms with van der Waals surface area (Å²) in [5.41, 5.74) is 2.73. The van der Waals surface area contributed by atoms with Crippen LogP contribution in [0.2, 0.25) is 5.15 Å². The van der Waals surface area contributed by atoms with E-state index in [1.54, 1.807) is 11.9 Å². The summed E-state index contributed by atoms with van der Waals surface area (Å²) in [6.45, 7) is 17.0. The molecular weight excluding hydrogens is 632 g/mol. The maximum Gasteiger partial charge on any atom is 0.171 e. The van der Waals surface area contributed by atoms with E-state index in [1.807, 2.05) is 24.4 Å². The second kappa shape index (κ2) is 15.5. The third-order valence-electron chi connectivity index (χ3n) is 9.97. The second-order valence-corrected chi connectivity index (χ2v) is 15.4. The molecule has 4 N–H and O–H groups in total. The number of pyridine rings is 1. The molecule has 252 valence electrons. The monoisotopic (exact) mass is 684 g/mol. The molecule has 1 saturated heterocycles. The van der Waals surface area contributed by atoms with Gasteiger partial charge >= 0.3 is 0 Å². The van der Waals surface area contributed by atoms with E-state index in [4.69, 9.17) is 22.4 Å². The molecule has 0 unspecified atom stereocenters. The lowest BCUT2D eigenvalue weighted by Gasteiger charge is -2.49. The zero-order valence-corrected chi connectivity index (χ0v) is 31.0. The molecule has 0 atom stereocenters. The molecular formula is C35H53ClN8S2. The van der Waals surface area contributed by atoms with Crippen LogP contribution in [-0.4, -0.2) is 55.6 Å². The normalized spacial score (nSPS) is 20.3. The van der Waals surface area contributed by atoms with Crippen LogP contribution in [0.1, 0.15) is 123 Å². The first-order chi connectivity index (χ1) is 22.0. The molecule has 46 heavy (non-hydrogen) atoms. The topological polar surface area (TPSA) is 116 Å². The van der Waals surface area contributed by atoms with E-state index in [2.05, 4.69) is 66.5 Å². The Bertz CT molecular complexity index is 1450. The molecule has 0 amide bonds. The molecule has 1 aliphatic heterocycles. The molecule has 0 radical (unpaired) electrons. The van der Waals surface area contributed by atoms with Gasteiger partial charge in [0.25, 0.3) is 0 Å². The number of piperidine rings is 1. The quantitative estimate of drug-likeness (QED) is 0.112. The molecule has 6 rings (SSSR count). The Balaban J connectivity index is 0.000000744. The van der Waals surface area contributed by atoms with E-state index in [0.717, 1.165) is 79.4 Å². The van der Waals surface area contributed by atoms with Crippen molar-refractivity contribution in [2.75, 3.05) is 20.1 Å². The van der Waals surface area contributed by atoms with Gasteiger partial charge in [0.05, 0.1) is 22.2 Å². The van der Waals surface area contributed by atoms with E-state index in [0.29, 0.717) is 29.7 Å². The summed E-state index contributed by atoms with van der Waals surface area (Å²) in [4.78, 5) is 8.16. The highest BCUT2D eigenvalue weighted by atomic mass is 35.5. The highest BCUT2D eigenvalue weighted by molar-refractivity contribution is 8.26. The number of hydrogen-bond acceptors (Lipinski definition) is 9. The van der Waals surface area contributed by atoms with Crippen molar-refractivity contribution in [3.05, 3.63) is 41.1 Å². The number of hydrogen-bond donors (Lipinski definition) is 4. The van der Waals surface area contributed by atoms with E-state index < -0.39 is 5.41 Å². The maximum atomic E-state index is 9.52. The van der Waals surface area contributed by atoms with Crippen LogP contribution in [0.15, 0.2) is 29.4 Å². The lowest BCUT2D eigenvalue weighted by molar-refractivity contribution is 0.156. The van der Waals surface area contributed by atoms with Crippen molar-refractivity contribution in [3.8, 4) is 6.07 Å². The van der Waals surface area contributed by atoms with Gasteiger partial charge in [0, 0.05) is 35.4 Å². The molecule has 3 saturated carbocycles. The van der Waals surface area contributed by atoms with Gasteiger partial charge < -0.3 is 10.2 Å². The van der Waals surface area contributed by atoms with Crippen LogP contribution < -0.4 is 10.0 Å². The zero-order valence-electron chi connectivity index (χ0n) is 28.6. The molecule has 8 nitrogen and oxygen atoms in total. The highest BCUT2D eigenvalue weighted by Gasteiger charge is 2.48. The summed E-state index contributed by atoms with van der Waals surface area (Å²) < 4.78 is 5.57. The maximum absolute atomic E-state index is 9.52. The standard InChI is InChI=1S/C29H37ClN8S2.C4H10.C2H6/c1-18(29(34-3)7-4-8-29)37-13-5-19(6-14-37)21-15-20(40-36-27(2)9-10-27)16-38-22(21)23(30)35-25(38)24(32)39-26(33)28(17-31)11-12-28;1-3-4-2;1-2/h15-16,19,32-34,36H,1,4-14H2,2-3H3;3-4H2,1-2H3;1-2H3. The fraction of sp³-hybridized carbons (Fsp3) is 0.657. The first kappa shape index (κ1) is 36.8. The Labute approximate surface area is 290 Å². The number of likely N-dealkylation sites (tertiary alicyclic amines) is 1. The predicted molar refractivity (Wildman–Crippen MR) is 197 cm³/mol. The van der Waals surface area contributed by atoms with Gasteiger partial charge in [-0.05, 0) is 101 Å². The van der Waals surface area contributed by atoms with Crippen LogP contribution >= 0.6 is 35.3 Å². The third-order valence-corrected chi connectivity index (χ3v) is 12.3. The lowest BCUT2D eigenvalue weighted by Crippen LogP contribution is -2.55. The molecule has 0 aromatic carbocycles. The number of nitriles is 1. The summed E-state index contributed by atoms with van der Waals surface area (Å²) in [6.07, 6.45) is 13.9. The molecule has 4 aliphatic rings. The Morgan fingerprint density at radius 3 is 2.24 bits per heavy atom. The lowest BCUT2D eigenvalue weighted by atomic mass is 9.73. The minimum Gasteiger partial charge on any atom is -0.374 e. The number of rotatable bonds is 10. The summed E-state index contributed by atoms with van der Waals surface area (Å²) in [5, 5.41) is 31.1. The average molecular weight is 685 g/mol. The van der Waals surface area contributed by atoms with Crippen LogP contribution in [-0.2, 0) is 0 Å². The van der Waals surface area contributed by atoms with Crippen LogP contribution in [0.4, 0.5) is 0 Å². The molecule has 3 heterocycles. The van der Waals surface area contributed by atoms with Gasteiger partial charge in [0.15, 0.2) is 11.0 Å². The second-order valence-electron chi connectivity index (χ2n) is 13.2. The largest absolute Gasteiger partial charge is 0.374 e. The van der Waals surface area contributed by atoms with Gasteiger partial charge in [-0.1, -0.05) is 70.5 Å². The third kappa shape index (κ3) is 7.81. The van der Waals surface area contributed by atoms with Gasteiger partial charge in [-0.2, -0.15) is 5.26 Å². The average Bonchev–Trinajstić information content (AvgIpc) is 3.99. The fourth-order valence-corrected chi connectivity index (χ4v) is 7.99. The van der Waals surface area contributed by atoms with Crippen molar-refractivity contribution < 1.29 is 0 Å². The van der Waals surface area contributed by atoms with Gasteiger partial charge in [-0.15, -0.1) is 0 Å². The van der Waals surface area contributed by atoms with Gasteiger partial charge in [0.2, 0.25) is 0 Å². The van der Waals surface area contributed by atoms with Gasteiger partial charge in [-0.25, -0.2) is 4.98 Å². The van der Waals surface area contributed by atoms with Crippen molar-refractivity contribution in [3.63, 3.8) is 0 Å². The van der Waals surface area contributed by atoms with Gasteiger partial charge in [-0.3, -0.25) is 19.9 Å². The molecule has 3 aliphatic carbocycles. The number of nitrogens with one attached hydrogen (secondary N) is 4. The van der Waals surface area contributed by atoms with E-state index >= 15 is 0 Å². The summed E-state index contributed by atoms with van der Waals surface area (Å²) in [5.74, 6) is 0.739. The number of halogens is 1. The minimum atomic E-state index is -0.729. The molecule has 2 aromatic rings. The van der Waals surface area contributed by atoms with Crippen molar-refractivity contribution >= 4 is 50.9 Å². The number of unbranched alkanes of at least 4 members (excludes halogenated alkanes) is 1. The van der Waals surface area contributed by atoms with Crippen molar-refractivity contribution in [2.24, 2.45) is 5.41 Å². The SMILES string of the molecule is C=C(N1CCC(c2cc(SNC3(C)CC3)cn3c(C(=N)SC(=N)C4(C#N)CC4)nc(Cl)c23)CC1)C1(NC)CCC1.CC.CCCC. The number of thioether (sulfide) groups is 1. The Hall–Kier alpha value is -2.03. The smallest absolute Gasteiger partial charge is 0.171 e. The predicted octanol–water partition coefficient (Wildman–Crippen LogP) is 9.14. The summed E-state index contributed by atoms with van der Waals surface area (Å²) in [6, 6.07) is 4.51. The number of likely N-dealkylation sites (N-methyl/N-ethyl adjacent to an activating group) is 1. The van der Waals surface area contributed by atoms with Gasteiger partial charge in [0.1, 0.15) is 10.5 Å². The first-order valence-electron chi connectivity index (χ1n) is 17.1. The van der Waals surface area contributed by atoms with E-state index in [-0.39, 0.29) is 21.2 Å². The number of fused-ring (bicyclic) bond motifs is 1. The minimum absolute atomic E-state index is 0.0568.